The van der Waals surface area contributed by atoms with Crippen LogP contribution in [0.4, 0.5) is 4.79 Å². The van der Waals surface area contributed by atoms with Gasteiger partial charge in [-0.2, -0.15) is 0 Å². The van der Waals surface area contributed by atoms with Gasteiger partial charge in [-0.25, -0.2) is 4.79 Å². The molecule has 2 amide bonds. The van der Waals surface area contributed by atoms with Crippen LogP contribution >= 0.6 is 0 Å². The lowest BCUT2D eigenvalue weighted by atomic mass is 9.90. The van der Waals surface area contributed by atoms with Crippen molar-refractivity contribution < 1.29 is 19.4 Å². The fourth-order valence-corrected chi connectivity index (χ4v) is 5.68. The smallest absolute Gasteiger partial charge is 0.315 e. The predicted molar refractivity (Wildman–Crippen MR) is 178 cm³/mol. The Hall–Kier alpha value is -4.27. The summed E-state index contributed by atoms with van der Waals surface area (Å²) >= 11 is 0. The minimum absolute atomic E-state index is 0.00752. The topological polar surface area (TPSA) is 83.1 Å². The maximum absolute atomic E-state index is 12.4. The lowest BCUT2D eigenvalue weighted by molar-refractivity contribution is -0.275. The third-order valence-corrected chi connectivity index (χ3v) is 8.22. The van der Waals surface area contributed by atoms with Gasteiger partial charge in [0.25, 0.3) is 0 Å². The molecule has 1 saturated heterocycles. The van der Waals surface area contributed by atoms with Crippen molar-refractivity contribution in [2.75, 3.05) is 20.1 Å². The van der Waals surface area contributed by atoms with Gasteiger partial charge in [0.05, 0.1) is 18.8 Å². The van der Waals surface area contributed by atoms with Crippen molar-refractivity contribution in [3.63, 3.8) is 0 Å². The lowest BCUT2D eigenvalue weighted by Gasteiger charge is -2.42. The van der Waals surface area contributed by atoms with Crippen molar-refractivity contribution in [2.24, 2.45) is 5.92 Å². The first-order valence-corrected chi connectivity index (χ1v) is 15.5. The number of nitrogens with zero attached hydrogens (tertiary/aromatic N) is 1. The molecule has 0 saturated carbocycles. The first kappa shape index (κ1) is 32.1. The maximum atomic E-state index is 12.4. The Bertz CT molecular complexity index is 1540. The van der Waals surface area contributed by atoms with Crippen LogP contribution in [0.15, 0.2) is 116 Å². The monoisotopic (exact) mass is 605 g/mol. The zero-order chi connectivity index (χ0) is 31.6. The van der Waals surface area contributed by atoms with E-state index in [9.17, 15) is 9.90 Å². The van der Waals surface area contributed by atoms with Crippen molar-refractivity contribution in [3.05, 3.63) is 144 Å². The van der Waals surface area contributed by atoms with E-state index in [1.165, 1.54) is 0 Å². The Morgan fingerprint density at radius 1 is 0.822 bits per heavy atom. The SMILES string of the molecule is C=CCN(C)C[C@@H]1O[C@H](c2cccc(-c3cccc(CNC(=O)NCc4ccccc4)c3)c2)O[C@H](c2ccc(CO)cc2)[C@@H]1C. The van der Waals surface area contributed by atoms with E-state index in [-0.39, 0.29) is 30.8 Å². The highest BCUT2D eigenvalue weighted by atomic mass is 16.7. The van der Waals surface area contributed by atoms with Gasteiger partial charge in [0.2, 0.25) is 0 Å². The zero-order valence-electron chi connectivity index (χ0n) is 26.1. The molecule has 1 fully saturated rings. The number of aliphatic hydroxyl groups is 1. The molecule has 0 spiro atoms. The van der Waals surface area contributed by atoms with E-state index in [0.717, 1.165) is 52.0 Å². The number of amides is 2. The number of carbonyl (C=O) groups is 1. The fraction of sp³-hybridized carbons (Fsp3) is 0.289. The second kappa shape index (κ2) is 15.6. The minimum atomic E-state index is -0.552. The van der Waals surface area contributed by atoms with Gasteiger partial charge in [0, 0.05) is 37.7 Å². The quantitative estimate of drug-likeness (QED) is 0.156. The lowest BCUT2D eigenvalue weighted by Crippen LogP contribution is -2.43. The summed E-state index contributed by atoms with van der Waals surface area (Å²) in [6.45, 7) is 8.47. The van der Waals surface area contributed by atoms with Crippen molar-refractivity contribution in [2.45, 2.75) is 45.1 Å². The number of aliphatic hydroxyl groups excluding tert-OH is 1. The van der Waals surface area contributed by atoms with Gasteiger partial charge in [0.15, 0.2) is 6.29 Å². The van der Waals surface area contributed by atoms with Crippen LogP contribution in [0.2, 0.25) is 0 Å². The molecule has 1 aliphatic rings. The van der Waals surface area contributed by atoms with Crippen molar-refractivity contribution >= 4 is 6.03 Å². The second-order valence-electron chi connectivity index (χ2n) is 11.7. The number of likely N-dealkylation sites (N-methyl/N-ethyl adjacent to an activating group) is 1. The average molecular weight is 606 g/mol. The summed E-state index contributed by atoms with van der Waals surface area (Å²) in [7, 11) is 2.07. The predicted octanol–water partition coefficient (Wildman–Crippen LogP) is 6.75. The summed E-state index contributed by atoms with van der Waals surface area (Å²) in [6, 6.07) is 34.1. The molecule has 0 radical (unpaired) electrons. The molecule has 0 bridgehead atoms. The van der Waals surface area contributed by atoms with Crippen LogP contribution in [-0.2, 0) is 29.2 Å². The fourth-order valence-electron chi connectivity index (χ4n) is 5.68. The first-order chi connectivity index (χ1) is 21.9. The first-order valence-electron chi connectivity index (χ1n) is 15.5. The minimum Gasteiger partial charge on any atom is -0.392 e. The summed E-state index contributed by atoms with van der Waals surface area (Å²) in [6.07, 6.45) is 1.10. The van der Waals surface area contributed by atoms with Crippen molar-refractivity contribution in [1.29, 1.82) is 0 Å². The molecule has 4 aromatic carbocycles. The highest BCUT2D eigenvalue weighted by molar-refractivity contribution is 5.74. The van der Waals surface area contributed by atoms with Crippen LogP contribution in [-0.4, -0.2) is 42.3 Å². The Morgan fingerprint density at radius 3 is 2.20 bits per heavy atom. The summed E-state index contributed by atoms with van der Waals surface area (Å²) < 4.78 is 13.3. The summed E-state index contributed by atoms with van der Waals surface area (Å²) in [5.41, 5.74) is 7.01. The molecule has 5 rings (SSSR count). The largest absolute Gasteiger partial charge is 0.392 e. The Kier molecular flexibility index (Phi) is 11.2. The van der Waals surface area contributed by atoms with Gasteiger partial charge >= 0.3 is 6.03 Å². The van der Waals surface area contributed by atoms with Crippen molar-refractivity contribution in [3.8, 4) is 11.1 Å². The van der Waals surface area contributed by atoms with Crippen LogP contribution in [0.3, 0.4) is 0 Å². The molecule has 0 unspecified atom stereocenters. The molecular weight excluding hydrogens is 562 g/mol. The summed E-state index contributed by atoms with van der Waals surface area (Å²) in [4.78, 5) is 14.6. The Balaban J connectivity index is 1.30. The molecule has 4 aromatic rings. The van der Waals surface area contributed by atoms with Crippen LogP contribution in [0.1, 0.15) is 47.1 Å². The van der Waals surface area contributed by atoms with E-state index in [2.05, 4.69) is 60.3 Å². The van der Waals surface area contributed by atoms with E-state index in [1.807, 2.05) is 84.9 Å². The highest BCUT2D eigenvalue weighted by Crippen LogP contribution is 2.42. The van der Waals surface area contributed by atoms with E-state index in [0.29, 0.717) is 13.1 Å². The number of hydrogen-bond donors (Lipinski definition) is 3. The Labute approximate surface area is 266 Å². The van der Waals surface area contributed by atoms with Crippen LogP contribution in [0.25, 0.3) is 11.1 Å². The van der Waals surface area contributed by atoms with Gasteiger partial charge in [-0.3, -0.25) is 0 Å². The molecule has 0 aromatic heterocycles. The van der Waals surface area contributed by atoms with Crippen molar-refractivity contribution in [1.82, 2.24) is 15.5 Å². The third-order valence-electron chi connectivity index (χ3n) is 8.22. The second-order valence-corrected chi connectivity index (χ2v) is 11.7. The normalized spacial score (nSPS) is 19.6. The number of benzene rings is 4. The van der Waals surface area contributed by atoms with E-state index < -0.39 is 6.29 Å². The standard InChI is InChI=1S/C38H43N3O4/c1-4-20-41(3)25-35-27(2)36(31-18-16-29(26-42)17-19-31)45-37(44-35)34-15-9-14-33(22-34)32-13-8-12-30(21-32)24-40-38(43)39-23-28-10-6-5-7-11-28/h4-19,21-22,27,35-37,42H,1,20,23-26H2,2-3H3,(H2,39,40,43)/t27-,35+,36+,37+/m1/s1. The molecular formula is C38H43N3O4. The molecule has 3 N–H and O–H groups in total. The molecule has 234 valence electrons. The molecule has 4 atom stereocenters. The third kappa shape index (κ3) is 8.68. The van der Waals surface area contributed by atoms with Crippen LogP contribution in [0.5, 0.6) is 0 Å². The van der Waals surface area contributed by atoms with E-state index in [1.54, 1.807) is 0 Å². The summed E-state index contributed by atoms with van der Waals surface area (Å²) in [5, 5.41) is 15.4. The number of ether oxygens (including phenoxy) is 2. The molecule has 45 heavy (non-hydrogen) atoms. The summed E-state index contributed by atoms with van der Waals surface area (Å²) in [5.74, 6) is 0.103. The molecule has 1 aliphatic heterocycles. The number of urea groups is 1. The highest BCUT2D eigenvalue weighted by Gasteiger charge is 2.38. The van der Waals surface area contributed by atoms with Gasteiger partial charge in [-0.15, -0.1) is 6.58 Å². The number of hydrogen-bond acceptors (Lipinski definition) is 5. The molecule has 0 aliphatic carbocycles. The zero-order valence-corrected chi connectivity index (χ0v) is 26.1. The van der Waals surface area contributed by atoms with E-state index >= 15 is 0 Å². The average Bonchev–Trinajstić information content (AvgIpc) is 3.08. The van der Waals surface area contributed by atoms with Gasteiger partial charge in [-0.05, 0) is 52.6 Å². The Morgan fingerprint density at radius 2 is 1.49 bits per heavy atom. The van der Waals surface area contributed by atoms with E-state index in [4.69, 9.17) is 9.47 Å². The van der Waals surface area contributed by atoms with Gasteiger partial charge in [0.1, 0.15) is 0 Å². The number of nitrogens with one attached hydrogen (secondary N) is 2. The maximum Gasteiger partial charge on any atom is 0.315 e. The number of carbonyl (C=O) groups excluding carboxylic acids is 1. The molecule has 7 nitrogen and oxygen atoms in total. The number of rotatable bonds is 12. The van der Waals surface area contributed by atoms with Gasteiger partial charge in [-0.1, -0.05) is 104 Å². The van der Waals surface area contributed by atoms with Crippen LogP contribution in [0, 0.1) is 5.92 Å². The molecule has 1 heterocycles. The van der Waals surface area contributed by atoms with Gasteiger partial charge < -0.3 is 30.1 Å². The van der Waals surface area contributed by atoms with Crippen LogP contribution < -0.4 is 10.6 Å². The molecule has 7 heteroatoms.